The normalized spacial score (nSPS) is 17.2. The van der Waals surface area contributed by atoms with Gasteiger partial charge in [0.15, 0.2) is 0 Å². The summed E-state index contributed by atoms with van der Waals surface area (Å²) in [5.74, 6) is 0.957. The molecule has 5 heteroatoms. The van der Waals surface area contributed by atoms with Gasteiger partial charge < -0.3 is 10.2 Å². The topological polar surface area (TPSA) is 41.1 Å². The maximum Gasteiger partial charge on any atom is 0.205 e. The summed E-state index contributed by atoms with van der Waals surface area (Å²) in [7, 11) is 0. The quantitative estimate of drug-likeness (QED) is 0.872. The standard InChI is InChI=1S/C11H20N4S/c1-5-15(8-6-12-7-8)10-13-9(14-16-10)11(2,3)4/h8,12H,5-7H2,1-4H3. The Balaban J connectivity index is 2.16. The van der Waals surface area contributed by atoms with Crippen molar-refractivity contribution >= 4 is 16.7 Å². The zero-order valence-corrected chi connectivity index (χ0v) is 11.3. The summed E-state index contributed by atoms with van der Waals surface area (Å²) in [6.07, 6.45) is 0. The molecule has 0 amide bonds. The first-order valence-electron chi connectivity index (χ1n) is 5.84. The molecule has 16 heavy (non-hydrogen) atoms. The van der Waals surface area contributed by atoms with E-state index in [0.717, 1.165) is 30.6 Å². The third-order valence-corrected chi connectivity index (χ3v) is 3.63. The van der Waals surface area contributed by atoms with Crippen LogP contribution in [-0.2, 0) is 5.41 Å². The minimum absolute atomic E-state index is 0.0476. The monoisotopic (exact) mass is 240 g/mol. The molecule has 1 fully saturated rings. The van der Waals surface area contributed by atoms with Crippen molar-refractivity contribution in [2.24, 2.45) is 0 Å². The minimum atomic E-state index is 0.0476. The lowest BCUT2D eigenvalue weighted by molar-refractivity contribution is 0.416. The van der Waals surface area contributed by atoms with Crippen LogP contribution in [0.3, 0.4) is 0 Å². The summed E-state index contributed by atoms with van der Waals surface area (Å²) >= 11 is 1.52. The molecule has 1 aliphatic heterocycles. The number of anilines is 1. The van der Waals surface area contributed by atoms with Crippen molar-refractivity contribution in [1.29, 1.82) is 0 Å². The van der Waals surface area contributed by atoms with Crippen molar-refractivity contribution < 1.29 is 0 Å². The summed E-state index contributed by atoms with van der Waals surface area (Å²) in [5.41, 5.74) is 0.0476. The van der Waals surface area contributed by atoms with Gasteiger partial charge in [-0.2, -0.15) is 4.37 Å². The Labute approximate surface area is 101 Å². The molecule has 1 aromatic rings. The lowest BCUT2D eigenvalue weighted by Crippen LogP contribution is -2.57. The largest absolute Gasteiger partial charge is 0.342 e. The first-order valence-corrected chi connectivity index (χ1v) is 6.61. The second-order valence-corrected chi connectivity index (χ2v) is 5.98. The lowest BCUT2D eigenvalue weighted by Gasteiger charge is -2.37. The highest BCUT2D eigenvalue weighted by Crippen LogP contribution is 2.26. The van der Waals surface area contributed by atoms with Crippen LogP contribution in [0.5, 0.6) is 0 Å². The van der Waals surface area contributed by atoms with Crippen molar-refractivity contribution in [3.8, 4) is 0 Å². The van der Waals surface area contributed by atoms with Crippen molar-refractivity contribution in [3.63, 3.8) is 0 Å². The van der Waals surface area contributed by atoms with Crippen LogP contribution in [0.25, 0.3) is 0 Å². The fraction of sp³-hybridized carbons (Fsp3) is 0.818. The third kappa shape index (κ3) is 2.20. The number of hydrogen-bond donors (Lipinski definition) is 1. The molecule has 0 saturated carbocycles. The molecule has 0 unspecified atom stereocenters. The first kappa shape index (κ1) is 11.8. The van der Waals surface area contributed by atoms with Crippen LogP contribution in [0.4, 0.5) is 5.13 Å². The highest BCUT2D eigenvalue weighted by atomic mass is 32.1. The van der Waals surface area contributed by atoms with Crippen molar-refractivity contribution in [3.05, 3.63) is 5.82 Å². The van der Waals surface area contributed by atoms with E-state index in [0.29, 0.717) is 6.04 Å². The van der Waals surface area contributed by atoms with Gasteiger partial charge in [-0.25, -0.2) is 4.98 Å². The molecular formula is C11H20N4S. The second-order valence-electron chi connectivity index (χ2n) is 5.25. The lowest BCUT2D eigenvalue weighted by atomic mass is 9.96. The van der Waals surface area contributed by atoms with Crippen molar-refractivity contribution in [1.82, 2.24) is 14.7 Å². The molecule has 1 aliphatic rings. The number of nitrogens with zero attached hydrogens (tertiary/aromatic N) is 3. The van der Waals surface area contributed by atoms with Gasteiger partial charge in [0.1, 0.15) is 5.82 Å². The molecule has 0 bridgehead atoms. The first-order chi connectivity index (χ1) is 7.52. The minimum Gasteiger partial charge on any atom is -0.342 e. The summed E-state index contributed by atoms with van der Waals surface area (Å²) in [6.45, 7) is 11.8. The van der Waals surface area contributed by atoms with Crippen LogP contribution >= 0.6 is 11.5 Å². The SMILES string of the molecule is CCN(c1nc(C(C)(C)C)ns1)C1CNC1. The van der Waals surface area contributed by atoms with E-state index in [1.807, 2.05) is 0 Å². The van der Waals surface area contributed by atoms with Gasteiger partial charge in [-0.05, 0) is 6.92 Å². The Hall–Kier alpha value is -0.680. The van der Waals surface area contributed by atoms with E-state index in [2.05, 4.69) is 47.3 Å². The maximum absolute atomic E-state index is 4.66. The zero-order valence-electron chi connectivity index (χ0n) is 10.4. The van der Waals surface area contributed by atoms with E-state index in [9.17, 15) is 0 Å². The average molecular weight is 240 g/mol. The molecule has 2 heterocycles. The molecule has 0 atom stereocenters. The van der Waals surface area contributed by atoms with Gasteiger partial charge in [-0.1, -0.05) is 20.8 Å². The Morgan fingerprint density at radius 3 is 2.50 bits per heavy atom. The van der Waals surface area contributed by atoms with Gasteiger partial charge >= 0.3 is 0 Å². The fourth-order valence-electron chi connectivity index (χ4n) is 1.68. The number of nitrogens with one attached hydrogen (secondary N) is 1. The summed E-state index contributed by atoms with van der Waals surface area (Å²) < 4.78 is 4.47. The second kappa shape index (κ2) is 4.30. The predicted molar refractivity (Wildman–Crippen MR) is 68.3 cm³/mol. The highest BCUT2D eigenvalue weighted by molar-refractivity contribution is 7.09. The van der Waals surface area contributed by atoms with Gasteiger partial charge in [0.25, 0.3) is 0 Å². The van der Waals surface area contributed by atoms with E-state index in [1.54, 1.807) is 0 Å². The van der Waals surface area contributed by atoms with E-state index in [1.165, 1.54) is 11.5 Å². The molecular weight excluding hydrogens is 220 g/mol. The van der Waals surface area contributed by atoms with Crippen LogP contribution in [-0.4, -0.2) is 35.0 Å². The van der Waals surface area contributed by atoms with Gasteiger partial charge in [0, 0.05) is 36.6 Å². The van der Waals surface area contributed by atoms with E-state index >= 15 is 0 Å². The van der Waals surface area contributed by atoms with Gasteiger partial charge in [0.05, 0.1) is 6.04 Å². The van der Waals surface area contributed by atoms with Crippen LogP contribution in [0.2, 0.25) is 0 Å². The molecule has 2 rings (SSSR count). The molecule has 1 saturated heterocycles. The molecule has 0 aliphatic carbocycles. The van der Waals surface area contributed by atoms with Gasteiger partial charge in [-0.3, -0.25) is 0 Å². The summed E-state index contributed by atoms with van der Waals surface area (Å²) in [6, 6.07) is 0.603. The molecule has 0 radical (unpaired) electrons. The van der Waals surface area contributed by atoms with Crippen LogP contribution in [0.1, 0.15) is 33.5 Å². The van der Waals surface area contributed by atoms with Crippen LogP contribution in [0.15, 0.2) is 0 Å². The fourth-order valence-corrected chi connectivity index (χ4v) is 2.67. The van der Waals surface area contributed by atoms with Gasteiger partial charge in [-0.15, -0.1) is 0 Å². The average Bonchev–Trinajstić information content (AvgIpc) is 2.58. The Morgan fingerprint density at radius 2 is 2.12 bits per heavy atom. The van der Waals surface area contributed by atoms with Crippen LogP contribution < -0.4 is 10.2 Å². The predicted octanol–water partition coefficient (Wildman–Crippen LogP) is 1.63. The van der Waals surface area contributed by atoms with Gasteiger partial charge in [0.2, 0.25) is 5.13 Å². The molecule has 0 spiro atoms. The number of hydrogen-bond acceptors (Lipinski definition) is 5. The highest BCUT2D eigenvalue weighted by Gasteiger charge is 2.27. The van der Waals surface area contributed by atoms with E-state index < -0.39 is 0 Å². The Morgan fingerprint density at radius 1 is 1.44 bits per heavy atom. The number of likely N-dealkylation sites (N-methyl/N-ethyl adjacent to an activating group) is 1. The summed E-state index contributed by atoms with van der Waals surface area (Å²) in [5, 5.41) is 4.37. The number of aromatic nitrogens is 2. The van der Waals surface area contributed by atoms with E-state index in [4.69, 9.17) is 0 Å². The number of rotatable bonds is 3. The third-order valence-electron chi connectivity index (χ3n) is 2.87. The zero-order chi connectivity index (χ0) is 11.8. The van der Waals surface area contributed by atoms with Crippen LogP contribution in [0, 0.1) is 0 Å². The molecule has 90 valence electrons. The molecule has 0 aromatic carbocycles. The maximum atomic E-state index is 4.66. The molecule has 1 N–H and O–H groups in total. The van der Waals surface area contributed by atoms with Crippen molar-refractivity contribution in [2.75, 3.05) is 24.5 Å². The Bertz CT molecular complexity index is 351. The summed E-state index contributed by atoms with van der Waals surface area (Å²) in [4.78, 5) is 7.01. The molecule has 4 nitrogen and oxygen atoms in total. The van der Waals surface area contributed by atoms with Crippen molar-refractivity contribution in [2.45, 2.75) is 39.2 Å². The Kier molecular flexibility index (Phi) is 3.17. The molecule has 1 aromatic heterocycles. The smallest absolute Gasteiger partial charge is 0.205 e. The van der Waals surface area contributed by atoms with E-state index in [-0.39, 0.29) is 5.41 Å².